The third-order valence-corrected chi connectivity index (χ3v) is 3.36. The molecule has 1 aromatic heterocycles. The third-order valence-electron chi connectivity index (χ3n) is 2.54. The molecule has 0 fully saturated rings. The van der Waals surface area contributed by atoms with Gasteiger partial charge in [0.1, 0.15) is 11.4 Å². The van der Waals surface area contributed by atoms with Crippen molar-refractivity contribution in [1.29, 1.82) is 0 Å². The van der Waals surface area contributed by atoms with Crippen LogP contribution in [0.25, 0.3) is 0 Å². The van der Waals surface area contributed by atoms with E-state index in [1.54, 1.807) is 31.2 Å². The first-order valence-corrected chi connectivity index (χ1v) is 7.10. The Bertz CT molecular complexity index is 654. The zero-order valence-corrected chi connectivity index (χ0v) is 12.4. The number of amides is 1. The lowest BCUT2D eigenvalue weighted by atomic mass is 10.3. The van der Waals surface area contributed by atoms with Crippen molar-refractivity contribution in [2.75, 3.05) is 19.0 Å². The summed E-state index contributed by atoms with van der Waals surface area (Å²) in [6, 6.07) is 7.04. The minimum atomic E-state index is -0.529. The number of methoxy groups -OCH3 is 1. The van der Waals surface area contributed by atoms with Gasteiger partial charge in [0.2, 0.25) is 5.01 Å². The Balaban J connectivity index is 2.12. The smallest absolute Gasteiger partial charge is 0.367 e. The van der Waals surface area contributed by atoms with Crippen LogP contribution in [-0.2, 0) is 4.74 Å². The molecule has 2 aromatic rings. The van der Waals surface area contributed by atoms with E-state index in [0.717, 1.165) is 11.3 Å². The number of benzene rings is 1. The van der Waals surface area contributed by atoms with Gasteiger partial charge in [-0.15, -0.1) is 11.3 Å². The van der Waals surface area contributed by atoms with Crippen LogP contribution in [-0.4, -0.2) is 30.6 Å². The Labute approximate surface area is 125 Å². The molecule has 0 spiro atoms. The average Bonchev–Trinajstić information content (AvgIpc) is 2.98. The Morgan fingerprint density at radius 1 is 1.33 bits per heavy atom. The fourth-order valence-corrected chi connectivity index (χ4v) is 2.29. The molecule has 0 saturated heterocycles. The van der Waals surface area contributed by atoms with E-state index in [0.29, 0.717) is 11.4 Å². The highest BCUT2D eigenvalue weighted by Crippen LogP contribution is 2.24. The molecule has 0 bridgehead atoms. The zero-order valence-electron chi connectivity index (χ0n) is 11.6. The van der Waals surface area contributed by atoms with E-state index < -0.39 is 11.9 Å². The number of hydrogen-bond acceptors (Lipinski definition) is 6. The van der Waals surface area contributed by atoms with Crippen molar-refractivity contribution in [2.24, 2.45) is 0 Å². The van der Waals surface area contributed by atoms with Crippen molar-refractivity contribution in [3.63, 3.8) is 0 Å². The summed E-state index contributed by atoms with van der Waals surface area (Å²) in [6.45, 7) is 1.97. The highest BCUT2D eigenvalue weighted by molar-refractivity contribution is 7.11. The SMILES string of the molecule is CCOC(=O)c1nc(C(=O)Nc2ccccc2OC)cs1. The van der Waals surface area contributed by atoms with Gasteiger partial charge >= 0.3 is 5.97 Å². The number of esters is 1. The Morgan fingerprint density at radius 2 is 2.10 bits per heavy atom. The lowest BCUT2D eigenvalue weighted by molar-refractivity contribution is 0.0526. The van der Waals surface area contributed by atoms with Crippen LogP contribution in [0.15, 0.2) is 29.6 Å². The molecule has 1 N–H and O–H groups in total. The van der Waals surface area contributed by atoms with E-state index in [-0.39, 0.29) is 17.3 Å². The highest BCUT2D eigenvalue weighted by Gasteiger charge is 2.17. The average molecular weight is 306 g/mol. The molecule has 21 heavy (non-hydrogen) atoms. The van der Waals surface area contributed by atoms with Crippen LogP contribution in [0, 0.1) is 0 Å². The van der Waals surface area contributed by atoms with Crippen molar-refractivity contribution >= 4 is 28.9 Å². The molecule has 1 aromatic carbocycles. The molecule has 0 saturated carbocycles. The van der Waals surface area contributed by atoms with Crippen LogP contribution in [0.1, 0.15) is 27.2 Å². The second kappa shape index (κ2) is 6.85. The van der Waals surface area contributed by atoms with E-state index in [2.05, 4.69) is 10.3 Å². The highest BCUT2D eigenvalue weighted by atomic mass is 32.1. The van der Waals surface area contributed by atoms with Gasteiger partial charge in [-0.1, -0.05) is 12.1 Å². The first-order chi connectivity index (χ1) is 10.2. The first kappa shape index (κ1) is 15.0. The quantitative estimate of drug-likeness (QED) is 0.859. The van der Waals surface area contributed by atoms with E-state index in [4.69, 9.17) is 9.47 Å². The molecule has 110 valence electrons. The number of rotatable bonds is 5. The molecule has 1 heterocycles. The second-order valence-electron chi connectivity index (χ2n) is 3.91. The fraction of sp³-hybridized carbons (Fsp3) is 0.214. The van der Waals surface area contributed by atoms with Crippen molar-refractivity contribution < 1.29 is 19.1 Å². The van der Waals surface area contributed by atoms with Crippen LogP contribution in [0.2, 0.25) is 0 Å². The molecule has 0 radical (unpaired) electrons. The lowest BCUT2D eigenvalue weighted by Crippen LogP contribution is -2.14. The maximum atomic E-state index is 12.1. The van der Waals surface area contributed by atoms with Gasteiger partial charge in [-0.2, -0.15) is 0 Å². The molecule has 0 aliphatic rings. The predicted octanol–water partition coefficient (Wildman–Crippen LogP) is 2.58. The van der Waals surface area contributed by atoms with Gasteiger partial charge in [0.25, 0.3) is 5.91 Å². The third kappa shape index (κ3) is 3.57. The van der Waals surface area contributed by atoms with Gasteiger partial charge < -0.3 is 14.8 Å². The van der Waals surface area contributed by atoms with Crippen LogP contribution < -0.4 is 10.1 Å². The summed E-state index contributed by atoms with van der Waals surface area (Å²) in [4.78, 5) is 27.6. The second-order valence-corrected chi connectivity index (χ2v) is 4.77. The molecule has 0 unspecified atom stereocenters. The standard InChI is InChI=1S/C14H14N2O4S/c1-3-20-14(18)13-16-10(8-21-13)12(17)15-9-6-4-5-7-11(9)19-2/h4-8H,3H2,1-2H3,(H,15,17). The number of para-hydroxylation sites is 2. The van der Waals surface area contributed by atoms with E-state index >= 15 is 0 Å². The topological polar surface area (TPSA) is 77.5 Å². The number of carbonyl (C=O) groups excluding carboxylic acids is 2. The van der Waals surface area contributed by atoms with Gasteiger partial charge in [0.15, 0.2) is 0 Å². The van der Waals surface area contributed by atoms with Crippen molar-refractivity contribution in [3.8, 4) is 5.75 Å². The van der Waals surface area contributed by atoms with Crippen LogP contribution in [0.5, 0.6) is 5.75 Å². The Morgan fingerprint density at radius 3 is 2.81 bits per heavy atom. The summed E-state index contributed by atoms with van der Waals surface area (Å²) in [7, 11) is 1.52. The predicted molar refractivity (Wildman–Crippen MR) is 79.0 cm³/mol. The van der Waals surface area contributed by atoms with Crippen LogP contribution in [0.3, 0.4) is 0 Å². The largest absolute Gasteiger partial charge is 0.495 e. The number of nitrogens with one attached hydrogen (secondary N) is 1. The number of hydrogen-bond donors (Lipinski definition) is 1. The van der Waals surface area contributed by atoms with Gasteiger partial charge in [0, 0.05) is 5.38 Å². The van der Waals surface area contributed by atoms with Gasteiger partial charge in [-0.25, -0.2) is 9.78 Å². The molecule has 1 amide bonds. The zero-order chi connectivity index (χ0) is 15.2. The minimum absolute atomic E-state index is 0.155. The number of carbonyl (C=O) groups is 2. The van der Waals surface area contributed by atoms with Gasteiger partial charge in [0.05, 0.1) is 19.4 Å². The molecule has 0 aliphatic carbocycles. The number of ether oxygens (including phenoxy) is 2. The molecule has 7 heteroatoms. The summed E-state index contributed by atoms with van der Waals surface area (Å²) in [6.07, 6.45) is 0. The molecule has 0 aliphatic heterocycles. The molecule has 6 nitrogen and oxygen atoms in total. The number of aromatic nitrogens is 1. The van der Waals surface area contributed by atoms with E-state index in [9.17, 15) is 9.59 Å². The van der Waals surface area contributed by atoms with Gasteiger partial charge in [-0.05, 0) is 19.1 Å². The van der Waals surface area contributed by atoms with E-state index in [1.807, 2.05) is 0 Å². The summed E-state index contributed by atoms with van der Waals surface area (Å²) in [5.74, 6) is -0.392. The maximum Gasteiger partial charge on any atom is 0.367 e. The monoisotopic (exact) mass is 306 g/mol. The Hall–Kier alpha value is -2.41. The Kier molecular flexibility index (Phi) is 4.89. The van der Waals surface area contributed by atoms with Crippen molar-refractivity contribution in [2.45, 2.75) is 6.92 Å². The fourth-order valence-electron chi connectivity index (χ4n) is 1.60. The number of thiazole rings is 1. The van der Waals surface area contributed by atoms with Crippen molar-refractivity contribution in [3.05, 3.63) is 40.3 Å². The van der Waals surface area contributed by atoms with E-state index in [1.165, 1.54) is 12.5 Å². The molecular formula is C14H14N2O4S. The van der Waals surface area contributed by atoms with Gasteiger partial charge in [-0.3, -0.25) is 4.79 Å². The lowest BCUT2D eigenvalue weighted by Gasteiger charge is -2.08. The van der Waals surface area contributed by atoms with Crippen LogP contribution in [0.4, 0.5) is 5.69 Å². The number of nitrogens with zero attached hydrogens (tertiary/aromatic N) is 1. The normalized spacial score (nSPS) is 10.0. The summed E-state index contributed by atoms with van der Waals surface area (Å²) >= 11 is 1.07. The molecule has 0 atom stereocenters. The molecular weight excluding hydrogens is 292 g/mol. The maximum absolute atomic E-state index is 12.1. The van der Waals surface area contributed by atoms with Crippen LogP contribution >= 0.6 is 11.3 Å². The minimum Gasteiger partial charge on any atom is -0.495 e. The summed E-state index contributed by atoms with van der Waals surface area (Å²) in [5, 5.41) is 4.36. The summed E-state index contributed by atoms with van der Waals surface area (Å²) < 4.78 is 9.98. The molecule has 2 rings (SSSR count). The number of anilines is 1. The first-order valence-electron chi connectivity index (χ1n) is 6.22. The van der Waals surface area contributed by atoms with Crippen molar-refractivity contribution in [1.82, 2.24) is 4.98 Å². The summed E-state index contributed by atoms with van der Waals surface area (Å²) in [5.41, 5.74) is 0.699.